The fourth-order valence-electron chi connectivity index (χ4n) is 1.58. The number of hydrogen-bond acceptors (Lipinski definition) is 3. The molecule has 17 heavy (non-hydrogen) atoms. The van der Waals surface area contributed by atoms with Gasteiger partial charge >= 0.3 is 0 Å². The highest BCUT2D eigenvalue weighted by molar-refractivity contribution is 6.05. The molecule has 0 saturated heterocycles. The van der Waals surface area contributed by atoms with Crippen molar-refractivity contribution in [1.29, 1.82) is 0 Å². The Bertz CT molecular complexity index is 577. The summed E-state index contributed by atoms with van der Waals surface area (Å²) in [6.07, 6.45) is 5.01. The molecule has 0 N–H and O–H groups in total. The third-order valence-electron chi connectivity index (χ3n) is 2.41. The zero-order valence-corrected chi connectivity index (χ0v) is 10.1. The van der Waals surface area contributed by atoms with E-state index in [2.05, 4.69) is 10.2 Å². The maximum Gasteiger partial charge on any atom is 0.206 e. The van der Waals surface area contributed by atoms with Crippen LogP contribution in [0.25, 0.3) is 6.08 Å². The first-order valence-electron chi connectivity index (χ1n) is 5.29. The molecule has 0 atom stereocenters. The summed E-state index contributed by atoms with van der Waals surface area (Å²) in [5, 5.41) is 8.24. The molecule has 5 nitrogen and oxygen atoms in total. The smallest absolute Gasteiger partial charge is 0.206 e. The Morgan fingerprint density at radius 1 is 1.35 bits per heavy atom. The van der Waals surface area contributed by atoms with Crippen LogP contribution < -0.4 is 0 Å². The third kappa shape index (κ3) is 2.50. The largest absolute Gasteiger partial charge is 0.287 e. The molecular weight excluding hydrogens is 216 g/mol. The van der Waals surface area contributed by atoms with Crippen molar-refractivity contribution in [3.63, 3.8) is 0 Å². The Kier molecular flexibility index (Phi) is 2.91. The van der Waals surface area contributed by atoms with Crippen molar-refractivity contribution in [3.05, 3.63) is 41.5 Å². The van der Waals surface area contributed by atoms with Gasteiger partial charge in [-0.2, -0.15) is 10.2 Å². The van der Waals surface area contributed by atoms with Crippen LogP contribution in [0.2, 0.25) is 0 Å². The van der Waals surface area contributed by atoms with Gasteiger partial charge in [-0.15, -0.1) is 0 Å². The quantitative estimate of drug-likeness (QED) is 0.591. The van der Waals surface area contributed by atoms with Gasteiger partial charge in [0.1, 0.15) is 5.69 Å². The summed E-state index contributed by atoms with van der Waals surface area (Å²) in [5.74, 6) is -0.107. The topological polar surface area (TPSA) is 52.7 Å². The number of aromatic nitrogens is 4. The van der Waals surface area contributed by atoms with Gasteiger partial charge in [0, 0.05) is 20.3 Å². The second-order valence-corrected chi connectivity index (χ2v) is 3.91. The molecule has 0 aliphatic carbocycles. The predicted octanol–water partition coefficient (Wildman–Crippen LogP) is 1.36. The van der Waals surface area contributed by atoms with Gasteiger partial charge in [0.15, 0.2) is 0 Å². The second kappa shape index (κ2) is 4.37. The third-order valence-corrected chi connectivity index (χ3v) is 2.41. The van der Waals surface area contributed by atoms with E-state index < -0.39 is 0 Å². The van der Waals surface area contributed by atoms with Crippen molar-refractivity contribution in [2.75, 3.05) is 0 Å². The summed E-state index contributed by atoms with van der Waals surface area (Å²) >= 11 is 0. The molecule has 0 unspecified atom stereocenters. The van der Waals surface area contributed by atoms with Gasteiger partial charge in [-0.25, -0.2) is 0 Å². The minimum Gasteiger partial charge on any atom is -0.287 e. The van der Waals surface area contributed by atoms with Crippen LogP contribution in [0.3, 0.4) is 0 Å². The molecule has 0 aromatic carbocycles. The van der Waals surface area contributed by atoms with E-state index in [0.717, 1.165) is 11.4 Å². The summed E-state index contributed by atoms with van der Waals surface area (Å²) < 4.78 is 3.34. The molecule has 2 aromatic heterocycles. The van der Waals surface area contributed by atoms with Crippen molar-refractivity contribution < 1.29 is 4.79 Å². The molecule has 0 aliphatic rings. The van der Waals surface area contributed by atoms with Gasteiger partial charge < -0.3 is 0 Å². The molecule has 2 rings (SSSR count). The Balaban J connectivity index is 2.16. The summed E-state index contributed by atoms with van der Waals surface area (Å²) in [4.78, 5) is 11.8. The van der Waals surface area contributed by atoms with Gasteiger partial charge in [-0.1, -0.05) is 0 Å². The minimum absolute atomic E-state index is 0.107. The van der Waals surface area contributed by atoms with E-state index >= 15 is 0 Å². The van der Waals surface area contributed by atoms with Crippen LogP contribution in [0, 0.1) is 6.92 Å². The standard InChI is InChI=1S/C12H14N4O/c1-9-8-10(16(3)13-9)4-5-12(17)11-6-7-15(2)14-11/h4-8H,1-3H3/b5-4+. The highest BCUT2D eigenvalue weighted by Gasteiger charge is 2.05. The van der Waals surface area contributed by atoms with Crippen molar-refractivity contribution in [2.24, 2.45) is 14.1 Å². The van der Waals surface area contributed by atoms with Gasteiger partial charge in [-0.05, 0) is 31.2 Å². The Labute approximate surface area is 99.4 Å². The summed E-state index contributed by atoms with van der Waals surface area (Å²) in [5.41, 5.74) is 2.27. The van der Waals surface area contributed by atoms with Crippen LogP contribution >= 0.6 is 0 Å². The van der Waals surface area contributed by atoms with Crippen LogP contribution in [-0.4, -0.2) is 25.3 Å². The van der Waals surface area contributed by atoms with Crippen molar-refractivity contribution >= 4 is 11.9 Å². The van der Waals surface area contributed by atoms with E-state index in [-0.39, 0.29) is 5.78 Å². The van der Waals surface area contributed by atoms with E-state index in [9.17, 15) is 4.79 Å². The van der Waals surface area contributed by atoms with Gasteiger partial charge in [0.25, 0.3) is 0 Å². The zero-order valence-electron chi connectivity index (χ0n) is 10.1. The predicted molar refractivity (Wildman–Crippen MR) is 64.5 cm³/mol. The zero-order chi connectivity index (χ0) is 12.4. The molecule has 0 bridgehead atoms. The fourth-order valence-corrected chi connectivity index (χ4v) is 1.58. The van der Waals surface area contributed by atoms with Crippen LogP contribution in [0.5, 0.6) is 0 Å². The summed E-state index contributed by atoms with van der Waals surface area (Å²) in [6, 6.07) is 3.61. The molecule has 2 heterocycles. The number of allylic oxidation sites excluding steroid dienone is 1. The maximum atomic E-state index is 11.8. The number of carbonyl (C=O) groups is 1. The second-order valence-electron chi connectivity index (χ2n) is 3.91. The van der Waals surface area contributed by atoms with Crippen LogP contribution in [0.15, 0.2) is 24.4 Å². The van der Waals surface area contributed by atoms with Gasteiger partial charge in [0.2, 0.25) is 5.78 Å². The van der Waals surface area contributed by atoms with Crippen LogP contribution in [-0.2, 0) is 14.1 Å². The van der Waals surface area contributed by atoms with E-state index in [1.54, 1.807) is 34.8 Å². The van der Waals surface area contributed by atoms with Gasteiger partial charge in [-0.3, -0.25) is 14.2 Å². The molecule has 0 spiro atoms. The van der Waals surface area contributed by atoms with E-state index in [1.165, 1.54) is 6.08 Å². The minimum atomic E-state index is -0.107. The molecule has 0 fully saturated rings. The van der Waals surface area contributed by atoms with Crippen molar-refractivity contribution in [1.82, 2.24) is 19.6 Å². The number of rotatable bonds is 3. The Morgan fingerprint density at radius 3 is 2.65 bits per heavy atom. The number of nitrogens with zero attached hydrogens (tertiary/aromatic N) is 4. The average Bonchev–Trinajstić information content (AvgIpc) is 2.82. The summed E-state index contributed by atoms with van der Waals surface area (Å²) in [7, 11) is 3.63. The van der Waals surface area contributed by atoms with Crippen LogP contribution in [0.1, 0.15) is 21.9 Å². The molecule has 2 aromatic rings. The first-order valence-corrected chi connectivity index (χ1v) is 5.29. The normalized spacial score (nSPS) is 11.2. The number of ketones is 1. The lowest BCUT2D eigenvalue weighted by Gasteiger charge is -1.93. The average molecular weight is 230 g/mol. The van der Waals surface area contributed by atoms with Crippen molar-refractivity contribution in [2.45, 2.75) is 6.92 Å². The van der Waals surface area contributed by atoms with E-state index in [0.29, 0.717) is 5.69 Å². The maximum absolute atomic E-state index is 11.8. The monoisotopic (exact) mass is 230 g/mol. The van der Waals surface area contributed by atoms with Crippen LogP contribution in [0.4, 0.5) is 0 Å². The molecule has 5 heteroatoms. The highest BCUT2D eigenvalue weighted by Crippen LogP contribution is 2.05. The lowest BCUT2D eigenvalue weighted by atomic mass is 10.2. The first-order chi connectivity index (χ1) is 8.06. The molecule has 0 amide bonds. The summed E-state index contributed by atoms with van der Waals surface area (Å²) in [6.45, 7) is 1.91. The van der Waals surface area contributed by atoms with E-state index in [1.807, 2.05) is 20.0 Å². The number of carbonyl (C=O) groups excluding carboxylic acids is 1. The fraction of sp³-hybridized carbons (Fsp3) is 0.250. The van der Waals surface area contributed by atoms with Crippen molar-refractivity contribution in [3.8, 4) is 0 Å². The van der Waals surface area contributed by atoms with E-state index in [4.69, 9.17) is 0 Å². The molecule has 0 aliphatic heterocycles. The Morgan fingerprint density at radius 2 is 2.12 bits per heavy atom. The van der Waals surface area contributed by atoms with Gasteiger partial charge in [0.05, 0.1) is 11.4 Å². The lowest BCUT2D eigenvalue weighted by molar-refractivity contribution is 0.104. The molecular formula is C12H14N4O. The Hall–Kier alpha value is -2.17. The molecule has 0 radical (unpaired) electrons. The SMILES string of the molecule is Cc1cc(/C=C/C(=O)c2ccn(C)n2)n(C)n1. The number of aryl methyl sites for hydroxylation is 3. The lowest BCUT2D eigenvalue weighted by Crippen LogP contribution is -1.98. The molecule has 0 saturated carbocycles. The first kappa shape index (κ1) is 11.3. The number of hydrogen-bond donors (Lipinski definition) is 0. The highest BCUT2D eigenvalue weighted by atomic mass is 16.1. The molecule has 88 valence electrons.